The molecule has 5 aromatic rings. The van der Waals surface area contributed by atoms with Gasteiger partial charge in [0, 0.05) is 22.2 Å². The van der Waals surface area contributed by atoms with E-state index in [2.05, 4.69) is 4.99 Å². The molecule has 12 nitrogen and oxygen atoms in total. The van der Waals surface area contributed by atoms with Crippen LogP contribution in [0.5, 0.6) is 28.7 Å². The van der Waals surface area contributed by atoms with Crippen LogP contribution >= 0.6 is 0 Å². The first-order valence-corrected chi connectivity index (χ1v) is 15.3. The number of phenols is 4. The number of rotatable bonds is 7. The van der Waals surface area contributed by atoms with E-state index in [0.29, 0.717) is 38.9 Å². The van der Waals surface area contributed by atoms with Crippen LogP contribution in [0, 0.1) is 10.4 Å². The molecule has 0 saturated carbocycles. The lowest BCUT2D eigenvalue weighted by Gasteiger charge is -2.23. The normalized spacial score (nSPS) is 13.0. The molecule has 0 bridgehead atoms. The molecule has 13 heteroatoms. The Bertz CT molecular complexity index is 2410. The maximum absolute atomic E-state index is 14.5. The monoisotopic (exact) mass is 653 g/mol. The van der Waals surface area contributed by atoms with Crippen molar-refractivity contribution in [3.8, 4) is 39.9 Å². The minimum Gasteiger partial charge on any atom is -0.716 e. The van der Waals surface area contributed by atoms with Crippen LogP contribution in [-0.4, -0.2) is 45.8 Å². The number of anilines is 1. The summed E-state index contributed by atoms with van der Waals surface area (Å²) in [6, 6.07) is 23.0. The van der Waals surface area contributed by atoms with Gasteiger partial charge in [0.05, 0.1) is 16.8 Å². The molecule has 2 heterocycles. The molecule has 8 N–H and O–H groups in total. The third kappa shape index (κ3) is 5.37. The molecule has 0 atom stereocenters. The molecular formula is C34H27N3O9S. The average molecular weight is 654 g/mol. The molecule has 0 unspecified atom stereocenters. The van der Waals surface area contributed by atoms with Gasteiger partial charge in [-0.05, 0) is 65.6 Å². The van der Waals surface area contributed by atoms with Crippen molar-refractivity contribution in [2.24, 2.45) is 4.99 Å². The Morgan fingerprint density at radius 3 is 1.94 bits per heavy atom. The predicted molar refractivity (Wildman–Crippen MR) is 171 cm³/mol. The van der Waals surface area contributed by atoms with Gasteiger partial charge < -0.3 is 40.2 Å². The molecule has 7 rings (SSSR count). The van der Waals surface area contributed by atoms with Gasteiger partial charge in [0.2, 0.25) is 0 Å². The second-order valence-electron chi connectivity index (χ2n) is 10.8. The minimum absolute atomic E-state index is 0. The quantitative estimate of drug-likeness (QED) is 0.125. The van der Waals surface area contributed by atoms with Gasteiger partial charge in [-0.25, -0.2) is 13.4 Å². The number of quaternary nitrogens is 1. The molecular weight excluding hydrogens is 626 g/mol. The van der Waals surface area contributed by atoms with Crippen LogP contribution in [0.25, 0.3) is 16.7 Å². The molecule has 5 aromatic carbocycles. The van der Waals surface area contributed by atoms with Gasteiger partial charge in [0.1, 0.15) is 28.3 Å². The number of carbonyl (C=O) groups excluding carboxylic acids is 1. The standard InChI is InChI=1S/C34H24N2O9S.H3N/c37-21-10-4-18(5-11-21)16-17-36-32-27(20-8-14-23(39)15-9-20)33(40)31-28(24-2-1-3-25(30(24)35-31)45-46(42,43)44)29(32)26(34(36)41)19-6-12-22(38)13-7-19;/h1-15,37-40H,16-17H2,(H,42,43,44);1H3. The molecule has 0 aliphatic carbocycles. The van der Waals surface area contributed by atoms with Crippen LogP contribution in [0.3, 0.4) is 0 Å². The summed E-state index contributed by atoms with van der Waals surface area (Å²) in [5.74, 6) is -1.00. The van der Waals surface area contributed by atoms with Crippen molar-refractivity contribution in [2.45, 2.75) is 6.42 Å². The van der Waals surface area contributed by atoms with Crippen molar-refractivity contribution in [1.29, 1.82) is 0 Å². The predicted octanol–water partition coefficient (Wildman–Crippen LogP) is 3.73. The highest BCUT2D eigenvalue weighted by atomic mass is 32.3. The number of phenolic OH excluding ortho intramolecular Hbond substituents is 4. The summed E-state index contributed by atoms with van der Waals surface area (Å²) in [5, 5.41) is 42.7. The lowest BCUT2D eigenvalue weighted by molar-refractivity contribution is -0.113. The van der Waals surface area contributed by atoms with Crippen LogP contribution in [0.15, 0.2) is 96.0 Å². The molecule has 0 spiro atoms. The Hall–Kier alpha value is -5.89. The van der Waals surface area contributed by atoms with E-state index in [4.69, 9.17) is 4.18 Å². The Morgan fingerprint density at radius 2 is 1.34 bits per heavy atom. The van der Waals surface area contributed by atoms with E-state index >= 15 is 0 Å². The van der Waals surface area contributed by atoms with Gasteiger partial charge in [-0.2, -0.15) is 0 Å². The first kappa shape index (κ1) is 31.1. The van der Waals surface area contributed by atoms with Gasteiger partial charge in [-0.15, -0.1) is 0 Å². The van der Waals surface area contributed by atoms with Crippen LogP contribution in [0.2, 0.25) is 0 Å². The number of fused-ring (bicyclic) bond motifs is 4. The van der Waals surface area contributed by atoms with Crippen molar-refractivity contribution in [3.05, 3.63) is 123 Å². The lowest BCUT2D eigenvalue weighted by atomic mass is 9.95. The van der Waals surface area contributed by atoms with Crippen LogP contribution in [0.1, 0.15) is 11.1 Å². The summed E-state index contributed by atoms with van der Waals surface area (Å²) in [5.41, 5.74) is 2.60. The average Bonchev–Trinajstić information content (AvgIpc) is 3.54. The summed E-state index contributed by atoms with van der Waals surface area (Å²) in [6.45, 7) is 0.156. The number of amides is 1. The highest BCUT2D eigenvalue weighted by molar-refractivity contribution is 7.81. The first-order valence-electron chi connectivity index (χ1n) is 14.0. The van der Waals surface area contributed by atoms with E-state index in [9.17, 15) is 38.2 Å². The second-order valence-corrected chi connectivity index (χ2v) is 11.8. The summed E-state index contributed by atoms with van der Waals surface area (Å²) in [6.07, 6.45) is 0.376. The molecule has 1 amide bonds. The number of nitrogens with zero attached hydrogens (tertiary/aromatic N) is 2. The SMILES string of the molecule is O=C1C(c2ccc(O)cc2)=c2c(c(-c3ccc(O)cc3)c(O)c3c2=c2cccc(OS(=O)(=O)[O-])c2=N3)N1CCc1ccc(O)cc1.[NH4+]. The third-order valence-electron chi connectivity index (χ3n) is 7.96. The Labute approximate surface area is 267 Å². The fraction of sp³-hybridized carbons (Fsp3) is 0.0588. The molecule has 0 saturated heterocycles. The topological polar surface area (TPSA) is 217 Å². The maximum atomic E-state index is 14.5. The van der Waals surface area contributed by atoms with Crippen molar-refractivity contribution in [3.63, 3.8) is 0 Å². The van der Waals surface area contributed by atoms with Gasteiger partial charge in [0.25, 0.3) is 16.3 Å². The maximum Gasteiger partial charge on any atom is 0.262 e. The van der Waals surface area contributed by atoms with Gasteiger partial charge >= 0.3 is 0 Å². The van der Waals surface area contributed by atoms with Gasteiger partial charge in [-0.3, -0.25) is 4.79 Å². The zero-order valence-corrected chi connectivity index (χ0v) is 25.5. The second kappa shape index (κ2) is 11.5. The van der Waals surface area contributed by atoms with E-state index in [1.165, 1.54) is 41.3 Å². The van der Waals surface area contributed by atoms with E-state index in [0.717, 1.165) is 5.56 Å². The van der Waals surface area contributed by atoms with E-state index in [1.807, 2.05) is 0 Å². The summed E-state index contributed by atoms with van der Waals surface area (Å²) < 4.78 is 39.4. The van der Waals surface area contributed by atoms with Crippen molar-refractivity contribution in [2.75, 3.05) is 11.4 Å². The van der Waals surface area contributed by atoms with Crippen molar-refractivity contribution < 1.29 is 42.4 Å². The van der Waals surface area contributed by atoms with Crippen LogP contribution in [0.4, 0.5) is 11.4 Å². The molecule has 47 heavy (non-hydrogen) atoms. The molecule has 0 radical (unpaired) electrons. The number of para-hydroxylation sites is 1. The fourth-order valence-corrected chi connectivity index (χ4v) is 6.34. The Kier molecular flexibility index (Phi) is 7.60. The zero-order valence-electron chi connectivity index (χ0n) is 24.7. The van der Waals surface area contributed by atoms with Crippen molar-refractivity contribution >= 4 is 33.3 Å². The molecule has 2 aliphatic rings. The minimum atomic E-state index is -5.18. The highest BCUT2D eigenvalue weighted by Crippen LogP contribution is 2.46. The summed E-state index contributed by atoms with van der Waals surface area (Å²) in [7, 11) is -5.18. The third-order valence-corrected chi connectivity index (χ3v) is 8.34. The van der Waals surface area contributed by atoms with Gasteiger partial charge in [-0.1, -0.05) is 48.5 Å². The van der Waals surface area contributed by atoms with E-state index in [1.54, 1.807) is 54.6 Å². The number of hydrogen-bond acceptors (Lipinski definition) is 10. The van der Waals surface area contributed by atoms with Crippen LogP contribution in [-0.2, 0) is 21.6 Å². The Balaban J connectivity index is 0.00000386. The first-order chi connectivity index (χ1) is 22.0. The highest BCUT2D eigenvalue weighted by Gasteiger charge is 2.37. The van der Waals surface area contributed by atoms with Crippen LogP contribution < -0.4 is 25.8 Å². The fourth-order valence-electron chi connectivity index (χ4n) is 5.98. The summed E-state index contributed by atoms with van der Waals surface area (Å²) in [4.78, 5) is 20.6. The molecule has 2 aliphatic heterocycles. The largest absolute Gasteiger partial charge is 0.716 e. The lowest BCUT2D eigenvalue weighted by Crippen LogP contribution is -2.31. The molecule has 0 fully saturated rings. The number of benzene rings is 5. The molecule has 238 valence electrons. The van der Waals surface area contributed by atoms with Crippen molar-refractivity contribution in [1.82, 2.24) is 6.15 Å². The van der Waals surface area contributed by atoms with E-state index in [-0.39, 0.29) is 63.6 Å². The smallest absolute Gasteiger partial charge is 0.262 e. The Morgan fingerprint density at radius 1 is 0.766 bits per heavy atom. The number of aromatic hydroxyl groups is 4. The number of carbonyl (C=O) groups is 1. The summed E-state index contributed by atoms with van der Waals surface area (Å²) >= 11 is 0. The van der Waals surface area contributed by atoms with Gasteiger partial charge in [0.15, 0.2) is 11.5 Å². The molecule has 0 aromatic heterocycles. The zero-order chi connectivity index (χ0) is 32.3. The van der Waals surface area contributed by atoms with E-state index < -0.39 is 16.3 Å². The number of hydrogen-bond donors (Lipinski definition) is 5.